The van der Waals surface area contributed by atoms with E-state index in [4.69, 9.17) is 0 Å². The lowest BCUT2D eigenvalue weighted by Gasteiger charge is -2.24. The fourth-order valence-corrected chi connectivity index (χ4v) is 2.31. The molecule has 0 unspecified atom stereocenters. The van der Waals surface area contributed by atoms with Crippen molar-refractivity contribution in [1.29, 1.82) is 0 Å². The van der Waals surface area contributed by atoms with Gasteiger partial charge in [-0.3, -0.25) is 0 Å². The van der Waals surface area contributed by atoms with Crippen LogP contribution in [0, 0.1) is 5.92 Å². The van der Waals surface area contributed by atoms with Gasteiger partial charge < -0.3 is 10.2 Å². The number of para-hydroxylation sites is 2. The van der Waals surface area contributed by atoms with Crippen LogP contribution in [0.2, 0.25) is 0 Å². The van der Waals surface area contributed by atoms with Crippen LogP contribution in [-0.4, -0.2) is 19.6 Å². The van der Waals surface area contributed by atoms with Crippen LogP contribution in [0.5, 0.6) is 0 Å². The molecule has 15 heavy (non-hydrogen) atoms. The van der Waals surface area contributed by atoms with E-state index in [0.29, 0.717) is 0 Å². The number of benzene rings is 1. The van der Waals surface area contributed by atoms with Crippen LogP contribution in [0.25, 0.3) is 0 Å². The highest BCUT2D eigenvalue weighted by atomic mass is 15.2. The molecular weight excluding hydrogens is 184 g/mol. The molecule has 2 heteroatoms. The van der Waals surface area contributed by atoms with Gasteiger partial charge in [-0.25, -0.2) is 0 Å². The molecule has 0 spiro atoms. The standard InChI is InChI=1S/C13H18N2/c1-2-5-13-12(4-1)14-8-3-9-15(13)10-11-6-7-11/h1-2,4-5,11,14H,3,6-10H2. The molecule has 1 aliphatic carbocycles. The van der Waals surface area contributed by atoms with E-state index < -0.39 is 0 Å². The van der Waals surface area contributed by atoms with Gasteiger partial charge in [0.25, 0.3) is 0 Å². The van der Waals surface area contributed by atoms with Gasteiger partial charge in [0.2, 0.25) is 0 Å². The third kappa shape index (κ3) is 1.94. The van der Waals surface area contributed by atoms with Crippen molar-refractivity contribution in [3.63, 3.8) is 0 Å². The Morgan fingerprint density at radius 1 is 1.27 bits per heavy atom. The van der Waals surface area contributed by atoms with Crippen molar-refractivity contribution < 1.29 is 0 Å². The maximum Gasteiger partial charge on any atom is 0.0602 e. The second-order valence-corrected chi connectivity index (χ2v) is 4.69. The Morgan fingerprint density at radius 3 is 3.00 bits per heavy atom. The van der Waals surface area contributed by atoms with E-state index in [1.807, 2.05) is 0 Å². The average Bonchev–Trinajstić information content (AvgIpc) is 3.07. The Morgan fingerprint density at radius 2 is 2.13 bits per heavy atom. The number of fused-ring (bicyclic) bond motifs is 1. The molecule has 0 amide bonds. The van der Waals surface area contributed by atoms with Crippen LogP contribution in [0.15, 0.2) is 24.3 Å². The summed E-state index contributed by atoms with van der Waals surface area (Å²) in [5.74, 6) is 0.969. The van der Waals surface area contributed by atoms with Gasteiger partial charge in [-0.1, -0.05) is 12.1 Å². The van der Waals surface area contributed by atoms with Gasteiger partial charge in [0.15, 0.2) is 0 Å². The predicted molar refractivity (Wildman–Crippen MR) is 64.5 cm³/mol. The lowest BCUT2D eigenvalue weighted by Crippen LogP contribution is -2.26. The fraction of sp³-hybridized carbons (Fsp3) is 0.538. The summed E-state index contributed by atoms with van der Waals surface area (Å²) < 4.78 is 0. The third-order valence-electron chi connectivity index (χ3n) is 3.34. The minimum absolute atomic E-state index is 0.969. The molecule has 0 bridgehead atoms. The number of nitrogens with one attached hydrogen (secondary N) is 1. The Labute approximate surface area is 91.3 Å². The van der Waals surface area contributed by atoms with Crippen molar-refractivity contribution in [2.45, 2.75) is 19.3 Å². The third-order valence-corrected chi connectivity index (χ3v) is 3.34. The summed E-state index contributed by atoms with van der Waals surface area (Å²) in [7, 11) is 0. The number of hydrogen-bond donors (Lipinski definition) is 1. The van der Waals surface area contributed by atoms with E-state index in [1.54, 1.807) is 0 Å². The second kappa shape index (κ2) is 3.76. The zero-order chi connectivity index (χ0) is 10.1. The van der Waals surface area contributed by atoms with Crippen molar-refractivity contribution in [2.75, 3.05) is 29.9 Å². The molecule has 0 saturated heterocycles. The van der Waals surface area contributed by atoms with E-state index in [0.717, 1.165) is 12.5 Å². The summed E-state index contributed by atoms with van der Waals surface area (Å²) >= 11 is 0. The number of hydrogen-bond acceptors (Lipinski definition) is 2. The minimum Gasteiger partial charge on any atom is -0.383 e. The first kappa shape index (κ1) is 9.08. The van der Waals surface area contributed by atoms with Crippen LogP contribution in [0.3, 0.4) is 0 Å². The highest BCUT2D eigenvalue weighted by Crippen LogP contribution is 2.34. The van der Waals surface area contributed by atoms with Gasteiger partial charge in [-0.05, 0) is 37.3 Å². The molecule has 1 fully saturated rings. The van der Waals surface area contributed by atoms with Crippen LogP contribution < -0.4 is 10.2 Å². The van der Waals surface area contributed by atoms with Crippen LogP contribution >= 0.6 is 0 Å². The summed E-state index contributed by atoms with van der Waals surface area (Å²) in [4.78, 5) is 2.56. The summed E-state index contributed by atoms with van der Waals surface area (Å²) in [5, 5.41) is 3.51. The van der Waals surface area contributed by atoms with Gasteiger partial charge in [0, 0.05) is 19.6 Å². The van der Waals surface area contributed by atoms with Crippen LogP contribution in [0.4, 0.5) is 11.4 Å². The summed E-state index contributed by atoms with van der Waals surface area (Å²) in [6.45, 7) is 3.58. The fourth-order valence-electron chi connectivity index (χ4n) is 2.31. The molecule has 1 N–H and O–H groups in total. The second-order valence-electron chi connectivity index (χ2n) is 4.69. The van der Waals surface area contributed by atoms with Crippen molar-refractivity contribution in [1.82, 2.24) is 0 Å². The normalized spacial score (nSPS) is 20.4. The van der Waals surface area contributed by atoms with E-state index in [-0.39, 0.29) is 0 Å². The van der Waals surface area contributed by atoms with E-state index >= 15 is 0 Å². The molecule has 3 rings (SSSR count). The Balaban J connectivity index is 1.86. The highest BCUT2D eigenvalue weighted by Gasteiger charge is 2.25. The summed E-state index contributed by atoms with van der Waals surface area (Å²) in [5.41, 5.74) is 2.72. The molecule has 2 nitrogen and oxygen atoms in total. The van der Waals surface area contributed by atoms with Crippen LogP contribution in [0.1, 0.15) is 19.3 Å². The molecule has 1 aromatic carbocycles. The molecule has 1 saturated carbocycles. The Hall–Kier alpha value is -1.18. The first-order chi connectivity index (χ1) is 7.43. The molecule has 1 aromatic rings. The largest absolute Gasteiger partial charge is 0.383 e. The average molecular weight is 202 g/mol. The Kier molecular flexibility index (Phi) is 2.28. The molecule has 1 heterocycles. The maximum absolute atomic E-state index is 3.51. The SMILES string of the molecule is c1ccc2c(c1)NCCCN2CC1CC1. The van der Waals surface area contributed by atoms with Crippen LogP contribution in [-0.2, 0) is 0 Å². The zero-order valence-electron chi connectivity index (χ0n) is 9.08. The molecule has 1 aliphatic heterocycles. The Bertz CT molecular complexity index is 344. The van der Waals surface area contributed by atoms with Gasteiger partial charge in [0.1, 0.15) is 0 Å². The molecule has 80 valence electrons. The topological polar surface area (TPSA) is 15.3 Å². The number of anilines is 2. The van der Waals surface area contributed by atoms with E-state index in [2.05, 4.69) is 34.5 Å². The van der Waals surface area contributed by atoms with Crippen molar-refractivity contribution >= 4 is 11.4 Å². The first-order valence-corrected chi connectivity index (χ1v) is 6.01. The monoisotopic (exact) mass is 202 g/mol. The molecular formula is C13H18N2. The maximum atomic E-state index is 3.51. The number of nitrogens with zero attached hydrogens (tertiary/aromatic N) is 1. The minimum atomic E-state index is 0.969. The summed E-state index contributed by atoms with van der Waals surface area (Å²) in [6.07, 6.45) is 4.12. The first-order valence-electron chi connectivity index (χ1n) is 6.01. The van der Waals surface area contributed by atoms with E-state index in [9.17, 15) is 0 Å². The zero-order valence-corrected chi connectivity index (χ0v) is 9.08. The van der Waals surface area contributed by atoms with Crippen molar-refractivity contribution in [3.8, 4) is 0 Å². The van der Waals surface area contributed by atoms with Gasteiger partial charge >= 0.3 is 0 Å². The molecule has 2 aliphatic rings. The quantitative estimate of drug-likeness (QED) is 0.793. The van der Waals surface area contributed by atoms with Gasteiger partial charge in [-0.2, -0.15) is 0 Å². The lowest BCUT2D eigenvalue weighted by molar-refractivity contribution is 0.708. The van der Waals surface area contributed by atoms with Crippen molar-refractivity contribution in [2.24, 2.45) is 5.92 Å². The lowest BCUT2D eigenvalue weighted by atomic mass is 10.2. The van der Waals surface area contributed by atoms with E-state index in [1.165, 1.54) is 43.7 Å². The smallest absolute Gasteiger partial charge is 0.0602 e. The number of rotatable bonds is 2. The highest BCUT2D eigenvalue weighted by molar-refractivity contribution is 5.70. The van der Waals surface area contributed by atoms with Gasteiger partial charge in [-0.15, -0.1) is 0 Å². The molecule has 0 radical (unpaired) electrons. The molecule has 0 aromatic heterocycles. The van der Waals surface area contributed by atoms with Crippen molar-refractivity contribution in [3.05, 3.63) is 24.3 Å². The van der Waals surface area contributed by atoms with Gasteiger partial charge in [0.05, 0.1) is 11.4 Å². The summed E-state index contributed by atoms with van der Waals surface area (Å²) in [6, 6.07) is 8.70. The predicted octanol–water partition coefficient (Wildman–Crippen LogP) is 2.72. The molecule has 0 atom stereocenters.